The van der Waals surface area contributed by atoms with Gasteiger partial charge in [0.1, 0.15) is 6.54 Å². The van der Waals surface area contributed by atoms with Crippen LogP contribution in [0.1, 0.15) is 30.4 Å². The first-order valence-electron chi connectivity index (χ1n) is 9.48. The Hall–Kier alpha value is -1.64. The van der Waals surface area contributed by atoms with Crippen molar-refractivity contribution in [3.8, 4) is 0 Å². The molecule has 0 aromatic heterocycles. The predicted molar refractivity (Wildman–Crippen MR) is 109 cm³/mol. The van der Waals surface area contributed by atoms with Gasteiger partial charge >= 0.3 is 10.2 Å². The molecule has 2 rings (SSSR count). The molecule has 0 bridgehead atoms. The highest BCUT2D eigenvalue weighted by Gasteiger charge is 2.28. The zero-order valence-corrected chi connectivity index (χ0v) is 17.7. The number of benzene rings is 1. The fourth-order valence-corrected chi connectivity index (χ4v) is 4.32. The van der Waals surface area contributed by atoms with Crippen molar-refractivity contribution in [2.75, 3.05) is 51.1 Å². The van der Waals surface area contributed by atoms with Crippen molar-refractivity contribution in [1.82, 2.24) is 14.5 Å². The van der Waals surface area contributed by atoms with Crippen LogP contribution in [-0.2, 0) is 15.0 Å². The van der Waals surface area contributed by atoms with Gasteiger partial charge in [-0.25, -0.2) is 4.31 Å². The summed E-state index contributed by atoms with van der Waals surface area (Å²) in [5.41, 5.74) is 2.30. The van der Waals surface area contributed by atoms with Crippen molar-refractivity contribution >= 4 is 21.8 Å². The molecule has 7 nitrogen and oxygen atoms in total. The van der Waals surface area contributed by atoms with Crippen LogP contribution in [0.15, 0.2) is 18.2 Å². The SMILES string of the molecule is Cc1ccc(C)c(N(CC(=O)NCCCN2CCCC2)S(=O)(=O)N(C)C)c1. The normalized spacial score (nSPS) is 15.3. The zero-order valence-electron chi connectivity index (χ0n) is 16.9. The summed E-state index contributed by atoms with van der Waals surface area (Å²) >= 11 is 0. The maximum Gasteiger partial charge on any atom is 0.304 e. The first-order chi connectivity index (χ1) is 12.7. The smallest absolute Gasteiger partial charge is 0.304 e. The zero-order chi connectivity index (χ0) is 20.0. The minimum Gasteiger partial charge on any atom is -0.354 e. The second-order valence-corrected chi connectivity index (χ2v) is 9.41. The Morgan fingerprint density at radius 2 is 1.85 bits per heavy atom. The van der Waals surface area contributed by atoms with Gasteiger partial charge in [-0.2, -0.15) is 12.7 Å². The van der Waals surface area contributed by atoms with Crippen molar-refractivity contribution in [2.24, 2.45) is 0 Å². The molecule has 0 saturated carbocycles. The van der Waals surface area contributed by atoms with Crippen molar-refractivity contribution in [3.05, 3.63) is 29.3 Å². The van der Waals surface area contributed by atoms with Crippen LogP contribution >= 0.6 is 0 Å². The van der Waals surface area contributed by atoms with Crippen LogP contribution in [0.3, 0.4) is 0 Å². The second-order valence-electron chi connectivity index (χ2n) is 7.34. The lowest BCUT2D eigenvalue weighted by molar-refractivity contribution is -0.119. The number of carbonyl (C=O) groups excluding carboxylic acids is 1. The average Bonchev–Trinajstić information content (AvgIpc) is 3.12. The van der Waals surface area contributed by atoms with E-state index in [2.05, 4.69) is 10.2 Å². The highest BCUT2D eigenvalue weighted by atomic mass is 32.2. The van der Waals surface area contributed by atoms with Crippen LogP contribution in [0.4, 0.5) is 5.69 Å². The predicted octanol–water partition coefficient (Wildman–Crippen LogP) is 1.52. The molecular formula is C19H32N4O3S. The van der Waals surface area contributed by atoms with Crippen molar-refractivity contribution in [1.29, 1.82) is 0 Å². The van der Waals surface area contributed by atoms with Crippen LogP contribution in [0.2, 0.25) is 0 Å². The Morgan fingerprint density at radius 1 is 1.19 bits per heavy atom. The van der Waals surface area contributed by atoms with Crippen LogP contribution < -0.4 is 9.62 Å². The summed E-state index contributed by atoms with van der Waals surface area (Å²) in [5.74, 6) is -0.289. The lowest BCUT2D eigenvalue weighted by atomic mass is 10.1. The molecule has 1 saturated heterocycles. The number of nitrogens with zero attached hydrogens (tertiary/aromatic N) is 3. The van der Waals surface area contributed by atoms with E-state index < -0.39 is 10.2 Å². The van der Waals surface area contributed by atoms with Gasteiger partial charge in [-0.1, -0.05) is 12.1 Å². The van der Waals surface area contributed by atoms with E-state index in [0.29, 0.717) is 12.2 Å². The summed E-state index contributed by atoms with van der Waals surface area (Å²) in [6, 6.07) is 5.60. The van der Waals surface area contributed by atoms with Gasteiger partial charge < -0.3 is 10.2 Å². The number of anilines is 1. The average molecular weight is 397 g/mol. The number of hydrogen-bond donors (Lipinski definition) is 1. The Morgan fingerprint density at radius 3 is 2.48 bits per heavy atom. The van der Waals surface area contributed by atoms with E-state index >= 15 is 0 Å². The molecule has 1 aliphatic rings. The van der Waals surface area contributed by atoms with E-state index in [9.17, 15) is 13.2 Å². The molecule has 1 fully saturated rings. The minimum absolute atomic E-state index is 0.228. The Balaban J connectivity index is 2.03. The number of nitrogens with one attached hydrogen (secondary N) is 1. The molecule has 27 heavy (non-hydrogen) atoms. The summed E-state index contributed by atoms with van der Waals surface area (Å²) in [7, 11) is -0.825. The molecular weight excluding hydrogens is 364 g/mol. The monoisotopic (exact) mass is 396 g/mol. The van der Waals surface area contributed by atoms with Gasteiger partial charge in [-0.3, -0.25) is 4.79 Å². The second kappa shape index (κ2) is 9.52. The molecule has 1 amide bonds. The highest BCUT2D eigenvalue weighted by Crippen LogP contribution is 2.25. The largest absolute Gasteiger partial charge is 0.354 e. The lowest BCUT2D eigenvalue weighted by Crippen LogP contribution is -2.46. The van der Waals surface area contributed by atoms with Gasteiger partial charge in [0.25, 0.3) is 0 Å². The van der Waals surface area contributed by atoms with E-state index in [4.69, 9.17) is 0 Å². The summed E-state index contributed by atoms with van der Waals surface area (Å²) in [6.07, 6.45) is 3.37. The minimum atomic E-state index is -3.77. The Labute approximate surface area is 163 Å². The van der Waals surface area contributed by atoms with Crippen LogP contribution in [0, 0.1) is 13.8 Å². The summed E-state index contributed by atoms with van der Waals surface area (Å²) in [6.45, 7) is 7.32. The van der Waals surface area contributed by atoms with E-state index in [1.165, 1.54) is 31.2 Å². The quantitative estimate of drug-likeness (QED) is 0.643. The molecule has 0 spiro atoms. The molecule has 8 heteroatoms. The first-order valence-corrected chi connectivity index (χ1v) is 10.9. The molecule has 0 unspecified atom stereocenters. The molecule has 0 radical (unpaired) electrons. The van der Waals surface area contributed by atoms with Crippen LogP contribution in [0.25, 0.3) is 0 Å². The number of likely N-dealkylation sites (tertiary alicyclic amines) is 1. The van der Waals surface area contributed by atoms with E-state index in [-0.39, 0.29) is 12.5 Å². The number of rotatable bonds is 9. The number of amides is 1. The van der Waals surface area contributed by atoms with Crippen molar-refractivity contribution in [2.45, 2.75) is 33.1 Å². The fraction of sp³-hybridized carbons (Fsp3) is 0.632. The third kappa shape index (κ3) is 5.92. The van der Waals surface area contributed by atoms with Crippen LogP contribution in [-0.4, -0.2) is 70.3 Å². The van der Waals surface area contributed by atoms with E-state index in [1.54, 1.807) is 6.07 Å². The maximum absolute atomic E-state index is 12.8. The standard InChI is InChI=1S/C19H32N4O3S/c1-16-8-9-17(2)18(14-16)23(27(25,26)21(3)4)15-19(24)20-10-7-13-22-11-5-6-12-22/h8-9,14H,5-7,10-13,15H2,1-4H3,(H,20,24). The van der Waals surface area contributed by atoms with E-state index in [1.807, 2.05) is 26.0 Å². The molecule has 1 aromatic rings. The molecule has 1 heterocycles. The third-order valence-electron chi connectivity index (χ3n) is 4.83. The van der Waals surface area contributed by atoms with E-state index in [0.717, 1.165) is 41.5 Å². The Kier molecular flexibility index (Phi) is 7.64. The summed E-state index contributed by atoms with van der Waals surface area (Å²) in [5, 5.41) is 2.86. The van der Waals surface area contributed by atoms with Gasteiger partial charge in [0.15, 0.2) is 0 Å². The number of carbonyl (C=O) groups is 1. The molecule has 0 atom stereocenters. The maximum atomic E-state index is 12.8. The number of aryl methyl sites for hydroxylation is 2. The van der Waals surface area contributed by atoms with Crippen molar-refractivity contribution < 1.29 is 13.2 Å². The topological polar surface area (TPSA) is 73.0 Å². The summed E-state index contributed by atoms with van der Waals surface area (Å²) in [4.78, 5) is 14.8. The van der Waals surface area contributed by atoms with Crippen LogP contribution in [0.5, 0.6) is 0 Å². The first kappa shape index (κ1) is 21.7. The van der Waals surface area contributed by atoms with Gasteiger partial charge in [0, 0.05) is 20.6 Å². The van der Waals surface area contributed by atoms with Gasteiger partial charge in [-0.15, -0.1) is 0 Å². The third-order valence-corrected chi connectivity index (χ3v) is 6.64. The Bertz CT molecular complexity index is 743. The summed E-state index contributed by atoms with van der Waals surface area (Å²) < 4.78 is 27.9. The number of hydrogen-bond acceptors (Lipinski definition) is 4. The van der Waals surface area contributed by atoms with Gasteiger partial charge in [0.2, 0.25) is 5.91 Å². The molecule has 1 N–H and O–H groups in total. The van der Waals surface area contributed by atoms with Crippen molar-refractivity contribution in [3.63, 3.8) is 0 Å². The fourth-order valence-electron chi connectivity index (χ4n) is 3.20. The molecule has 1 aliphatic heterocycles. The molecule has 1 aromatic carbocycles. The highest BCUT2D eigenvalue weighted by molar-refractivity contribution is 7.90. The van der Waals surface area contributed by atoms with Gasteiger partial charge in [-0.05, 0) is 69.9 Å². The molecule has 0 aliphatic carbocycles. The van der Waals surface area contributed by atoms with Gasteiger partial charge in [0.05, 0.1) is 5.69 Å². The lowest BCUT2D eigenvalue weighted by Gasteiger charge is -2.28. The molecule has 152 valence electrons.